The Morgan fingerprint density at radius 2 is 1.95 bits per heavy atom. The van der Waals surface area contributed by atoms with Crippen molar-refractivity contribution in [1.29, 1.82) is 0 Å². The summed E-state index contributed by atoms with van der Waals surface area (Å²) in [5.41, 5.74) is -1.42. The molecular weight excluding hydrogens is 261 g/mol. The molecule has 0 unspecified atom stereocenters. The number of esters is 1. The highest BCUT2D eigenvalue weighted by Crippen LogP contribution is 2.26. The zero-order valence-corrected chi connectivity index (χ0v) is 10.9. The SMILES string of the molecule is CC(C)(C)OC(=O)COc1ccc(F)c(C(F)F)c1. The monoisotopic (exact) mass is 276 g/mol. The summed E-state index contributed by atoms with van der Waals surface area (Å²) in [6.07, 6.45) is -2.94. The molecule has 0 bridgehead atoms. The van der Waals surface area contributed by atoms with E-state index in [0.717, 1.165) is 12.1 Å². The van der Waals surface area contributed by atoms with Crippen molar-refractivity contribution in [2.75, 3.05) is 6.61 Å². The van der Waals surface area contributed by atoms with Gasteiger partial charge >= 0.3 is 5.97 Å². The molecule has 0 aliphatic carbocycles. The van der Waals surface area contributed by atoms with Gasteiger partial charge in [0.15, 0.2) is 6.61 Å². The lowest BCUT2D eigenvalue weighted by Crippen LogP contribution is -2.27. The largest absolute Gasteiger partial charge is 0.482 e. The minimum absolute atomic E-state index is 0.0115. The Kier molecular flexibility index (Phi) is 4.80. The molecule has 1 aromatic carbocycles. The first-order valence-corrected chi connectivity index (χ1v) is 5.61. The minimum atomic E-state index is -2.94. The van der Waals surface area contributed by atoms with E-state index in [4.69, 9.17) is 9.47 Å². The molecule has 0 heterocycles. The summed E-state index contributed by atoms with van der Waals surface area (Å²) in [5, 5.41) is 0. The summed E-state index contributed by atoms with van der Waals surface area (Å²) >= 11 is 0. The van der Waals surface area contributed by atoms with E-state index in [-0.39, 0.29) is 5.75 Å². The number of benzene rings is 1. The summed E-state index contributed by atoms with van der Waals surface area (Å²) < 4.78 is 47.9. The van der Waals surface area contributed by atoms with Crippen LogP contribution < -0.4 is 4.74 Å². The van der Waals surface area contributed by atoms with Crippen molar-refractivity contribution in [2.24, 2.45) is 0 Å². The Balaban J connectivity index is 2.64. The van der Waals surface area contributed by atoms with Crippen LogP contribution in [-0.2, 0) is 9.53 Å². The quantitative estimate of drug-likeness (QED) is 0.790. The zero-order valence-electron chi connectivity index (χ0n) is 10.9. The maximum atomic E-state index is 13.0. The van der Waals surface area contributed by atoms with Crippen molar-refractivity contribution < 1.29 is 27.4 Å². The van der Waals surface area contributed by atoms with Crippen molar-refractivity contribution in [3.05, 3.63) is 29.6 Å². The number of hydrogen-bond acceptors (Lipinski definition) is 3. The van der Waals surface area contributed by atoms with Gasteiger partial charge in [0.05, 0.1) is 5.56 Å². The highest BCUT2D eigenvalue weighted by Gasteiger charge is 2.18. The average molecular weight is 276 g/mol. The van der Waals surface area contributed by atoms with Gasteiger partial charge in [0.25, 0.3) is 6.43 Å². The third-order valence-corrected chi connectivity index (χ3v) is 1.98. The van der Waals surface area contributed by atoms with Crippen LogP contribution in [0, 0.1) is 5.82 Å². The van der Waals surface area contributed by atoms with E-state index in [1.807, 2.05) is 0 Å². The smallest absolute Gasteiger partial charge is 0.344 e. The molecule has 19 heavy (non-hydrogen) atoms. The van der Waals surface area contributed by atoms with Crippen LogP contribution in [0.5, 0.6) is 5.75 Å². The molecule has 0 saturated heterocycles. The summed E-state index contributed by atoms with van der Waals surface area (Å²) in [6.45, 7) is 4.65. The van der Waals surface area contributed by atoms with E-state index >= 15 is 0 Å². The second-order valence-corrected chi connectivity index (χ2v) is 4.86. The van der Waals surface area contributed by atoms with Crippen LogP contribution in [0.3, 0.4) is 0 Å². The lowest BCUT2D eigenvalue weighted by atomic mass is 10.2. The normalized spacial score (nSPS) is 11.5. The maximum absolute atomic E-state index is 13.0. The van der Waals surface area contributed by atoms with Gasteiger partial charge in [-0.15, -0.1) is 0 Å². The molecule has 6 heteroatoms. The van der Waals surface area contributed by atoms with Crippen LogP contribution in [-0.4, -0.2) is 18.2 Å². The maximum Gasteiger partial charge on any atom is 0.344 e. The number of halogens is 3. The van der Waals surface area contributed by atoms with Crippen LogP contribution in [0.25, 0.3) is 0 Å². The summed E-state index contributed by atoms with van der Waals surface area (Å²) in [5.74, 6) is -1.66. The van der Waals surface area contributed by atoms with Crippen LogP contribution in [0.4, 0.5) is 13.2 Å². The van der Waals surface area contributed by atoms with Crippen molar-refractivity contribution in [1.82, 2.24) is 0 Å². The molecule has 0 spiro atoms. The Labute approximate surface area is 109 Å². The molecule has 0 aliphatic heterocycles. The molecule has 0 radical (unpaired) electrons. The fraction of sp³-hybridized carbons (Fsp3) is 0.462. The van der Waals surface area contributed by atoms with Crippen molar-refractivity contribution in [3.63, 3.8) is 0 Å². The Morgan fingerprint density at radius 3 is 2.47 bits per heavy atom. The van der Waals surface area contributed by atoms with Gasteiger partial charge in [0.1, 0.15) is 17.2 Å². The Hall–Kier alpha value is -1.72. The predicted octanol–water partition coefficient (Wildman–Crippen LogP) is 3.48. The zero-order chi connectivity index (χ0) is 14.6. The van der Waals surface area contributed by atoms with E-state index < -0.39 is 36.0 Å². The topological polar surface area (TPSA) is 35.5 Å². The van der Waals surface area contributed by atoms with Crippen LogP contribution >= 0.6 is 0 Å². The van der Waals surface area contributed by atoms with E-state index in [2.05, 4.69) is 0 Å². The summed E-state index contributed by atoms with van der Waals surface area (Å²) in [6, 6.07) is 2.90. The fourth-order valence-electron chi connectivity index (χ4n) is 1.29. The van der Waals surface area contributed by atoms with E-state index in [9.17, 15) is 18.0 Å². The minimum Gasteiger partial charge on any atom is -0.482 e. The molecule has 0 amide bonds. The molecule has 0 aliphatic rings. The molecule has 0 aromatic heterocycles. The number of hydrogen-bond donors (Lipinski definition) is 0. The van der Waals surface area contributed by atoms with Gasteiger partial charge in [0.2, 0.25) is 0 Å². The Morgan fingerprint density at radius 1 is 1.32 bits per heavy atom. The predicted molar refractivity (Wildman–Crippen MR) is 62.7 cm³/mol. The third-order valence-electron chi connectivity index (χ3n) is 1.98. The molecule has 0 saturated carbocycles. The fourth-order valence-corrected chi connectivity index (χ4v) is 1.29. The molecule has 106 valence electrons. The second kappa shape index (κ2) is 5.95. The Bertz CT molecular complexity index is 453. The molecule has 0 atom stereocenters. The lowest BCUT2D eigenvalue weighted by Gasteiger charge is -2.19. The van der Waals surface area contributed by atoms with Gasteiger partial charge < -0.3 is 9.47 Å². The first kappa shape index (κ1) is 15.3. The molecule has 0 N–H and O–H groups in total. The first-order valence-electron chi connectivity index (χ1n) is 5.61. The van der Waals surface area contributed by atoms with E-state index in [1.165, 1.54) is 6.07 Å². The highest BCUT2D eigenvalue weighted by atomic mass is 19.3. The summed E-state index contributed by atoms with van der Waals surface area (Å²) in [7, 11) is 0. The van der Waals surface area contributed by atoms with Crippen LogP contribution in [0.15, 0.2) is 18.2 Å². The number of rotatable bonds is 4. The van der Waals surface area contributed by atoms with Gasteiger partial charge in [-0.3, -0.25) is 0 Å². The van der Waals surface area contributed by atoms with Crippen molar-refractivity contribution in [3.8, 4) is 5.75 Å². The lowest BCUT2D eigenvalue weighted by molar-refractivity contribution is -0.157. The molecular formula is C13H15F3O3. The molecule has 1 rings (SSSR count). The number of alkyl halides is 2. The van der Waals surface area contributed by atoms with Crippen LogP contribution in [0.1, 0.15) is 32.8 Å². The molecule has 1 aromatic rings. The van der Waals surface area contributed by atoms with Crippen molar-refractivity contribution >= 4 is 5.97 Å². The van der Waals surface area contributed by atoms with Crippen molar-refractivity contribution in [2.45, 2.75) is 32.8 Å². The van der Waals surface area contributed by atoms with Gasteiger partial charge in [0, 0.05) is 0 Å². The van der Waals surface area contributed by atoms with Gasteiger partial charge in [-0.2, -0.15) is 0 Å². The average Bonchev–Trinajstić information content (AvgIpc) is 2.25. The van der Waals surface area contributed by atoms with Gasteiger partial charge in [-0.1, -0.05) is 0 Å². The standard InChI is InChI=1S/C13H15F3O3/c1-13(2,3)19-11(17)7-18-8-4-5-10(14)9(6-8)12(15)16/h4-6,12H,7H2,1-3H3. The first-order chi connectivity index (χ1) is 8.69. The van der Waals surface area contributed by atoms with Gasteiger partial charge in [-0.05, 0) is 39.0 Å². The number of ether oxygens (including phenoxy) is 2. The van der Waals surface area contributed by atoms with Crippen LogP contribution in [0.2, 0.25) is 0 Å². The second-order valence-electron chi connectivity index (χ2n) is 4.86. The van der Waals surface area contributed by atoms with E-state index in [0.29, 0.717) is 0 Å². The number of carbonyl (C=O) groups is 1. The molecule has 3 nitrogen and oxygen atoms in total. The summed E-state index contributed by atoms with van der Waals surface area (Å²) in [4.78, 5) is 11.3. The molecule has 0 fully saturated rings. The van der Waals surface area contributed by atoms with Gasteiger partial charge in [-0.25, -0.2) is 18.0 Å². The highest BCUT2D eigenvalue weighted by molar-refractivity contribution is 5.71. The van der Waals surface area contributed by atoms with E-state index in [1.54, 1.807) is 20.8 Å². The number of carbonyl (C=O) groups excluding carboxylic acids is 1. The third kappa shape index (κ3) is 5.19.